The fourth-order valence-corrected chi connectivity index (χ4v) is 0.996. The van der Waals surface area contributed by atoms with Gasteiger partial charge in [0.2, 0.25) is 0 Å². The minimum Gasteiger partial charge on any atom is -0.491 e. The Hall–Kier alpha value is -1.73. The van der Waals surface area contributed by atoms with E-state index in [1.165, 1.54) is 5.43 Å². The smallest absolute Gasteiger partial charge is 0.437 e. The molecule has 0 unspecified atom stereocenters. The molecule has 17 heavy (non-hydrogen) atoms. The molecule has 0 heterocycles. The highest BCUT2D eigenvalue weighted by atomic mass is 19.3. The SMILES string of the molecule is NNC(=O)C(F)(F)OCCOc1ccccc1. The first-order chi connectivity index (χ1) is 8.06. The van der Waals surface area contributed by atoms with Crippen molar-refractivity contribution in [1.29, 1.82) is 0 Å². The largest absolute Gasteiger partial charge is 0.491 e. The molecule has 1 aromatic carbocycles. The van der Waals surface area contributed by atoms with Crippen molar-refractivity contribution in [1.82, 2.24) is 5.43 Å². The van der Waals surface area contributed by atoms with Crippen molar-refractivity contribution >= 4 is 5.91 Å². The molecule has 0 fully saturated rings. The summed E-state index contributed by atoms with van der Waals surface area (Å²) in [5.74, 6) is 3.40. The molecule has 3 N–H and O–H groups in total. The molecule has 0 atom stereocenters. The molecule has 0 radical (unpaired) electrons. The highest BCUT2D eigenvalue weighted by molar-refractivity contribution is 5.81. The van der Waals surface area contributed by atoms with Gasteiger partial charge >= 0.3 is 12.0 Å². The number of carbonyl (C=O) groups is 1. The van der Waals surface area contributed by atoms with E-state index in [1.54, 1.807) is 30.3 Å². The van der Waals surface area contributed by atoms with Crippen molar-refractivity contribution < 1.29 is 23.0 Å². The van der Waals surface area contributed by atoms with Gasteiger partial charge in [0.15, 0.2) is 0 Å². The van der Waals surface area contributed by atoms with Crippen LogP contribution in [0.5, 0.6) is 5.75 Å². The first-order valence-corrected chi connectivity index (χ1v) is 4.77. The molecule has 0 spiro atoms. The zero-order valence-corrected chi connectivity index (χ0v) is 8.86. The van der Waals surface area contributed by atoms with Gasteiger partial charge in [0.05, 0.1) is 6.61 Å². The van der Waals surface area contributed by atoms with Crippen LogP contribution in [-0.4, -0.2) is 25.2 Å². The van der Waals surface area contributed by atoms with Crippen LogP contribution in [0.3, 0.4) is 0 Å². The number of para-hydroxylation sites is 1. The normalized spacial score (nSPS) is 11.0. The number of carbonyl (C=O) groups excluding carboxylic acids is 1. The lowest BCUT2D eigenvalue weighted by Crippen LogP contribution is -2.45. The van der Waals surface area contributed by atoms with Gasteiger partial charge < -0.3 is 9.47 Å². The molecule has 1 amide bonds. The van der Waals surface area contributed by atoms with Gasteiger partial charge in [-0.25, -0.2) is 5.84 Å². The topological polar surface area (TPSA) is 73.6 Å². The lowest BCUT2D eigenvalue weighted by Gasteiger charge is -2.14. The van der Waals surface area contributed by atoms with Crippen LogP contribution in [0.25, 0.3) is 0 Å². The summed E-state index contributed by atoms with van der Waals surface area (Å²) in [6.07, 6.45) is -3.95. The molecular formula is C10H12F2N2O3. The third-order valence-corrected chi connectivity index (χ3v) is 1.77. The Labute approximate surface area is 96.5 Å². The summed E-state index contributed by atoms with van der Waals surface area (Å²) < 4.78 is 34.7. The Bertz CT molecular complexity index is 360. The van der Waals surface area contributed by atoms with E-state index in [9.17, 15) is 13.6 Å². The van der Waals surface area contributed by atoms with Gasteiger partial charge in [-0.3, -0.25) is 10.2 Å². The molecule has 1 rings (SSSR count). The van der Waals surface area contributed by atoms with Crippen LogP contribution in [0.1, 0.15) is 0 Å². The Morgan fingerprint density at radius 1 is 1.29 bits per heavy atom. The Morgan fingerprint density at radius 3 is 2.53 bits per heavy atom. The van der Waals surface area contributed by atoms with Crippen molar-refractivity contribution in [2.75, 3.05) is 13.2 Å². The summed E-state index contributed by atoms with van der Waals surface area (Å²) >= 11 is 0. The number of nitrogens with two attached hydrogens (primary N) is 1. The highest BCUT2D eigenvalue weighted by Crippen LogP contribution is 2.15. The number of alkyl halides is 2. The molecule has 94 valence electrons. The summed E-state index contributed by atoms with van der Waals surface area (Å²) in [5.41, 5.74) is 1.31. The van der Waals surface area contributed by atoms with Crippen molar-refractivity contribution in [3.05, 3.63) is 30.3 Å². The van der Waals surface area contributed by atoms with Crippen LogP contribution in [0, 0.1) is 0 Å². The van der Waals surface area contributed by atoms with Crippen LogP contribution in [0.4, 0.5) is 8.78 Å². The molecule has 5 nitrogen and oxygen atoms in total. The van der Waals surface area contributed by atoms with Gasteiger partial charge in [-0.2, -0.15) is 8.78 Å². The fourth-order valence-electron chi connectivity index (χ4n) is 0.996. The minimum absolute atomic E-state index is 0.0997. The van der Waals surface area contributed by atoms with E-state index in [0.717, 1.165) is 0 Å². The van der Waals surface area contributed by atoms with E-state index < -0.39 is 18.6 Å². The third kappa shape index (κ3) is 4.33. The number of hydrogen-bond acceptors (Lipinski definition) is 4. The standard InChI is InChI=1S/C10H12F2N2O3/c11-10(12,9(15)14-13)17-7-6-16-8-4-2-1-3-5-8/h1-5H,6-7,13H2,(H,14,15). The number of amides is 1. The fraction of sp³-hybridized carbons (Fsp3) is 0.300. The number of nitrogens with one attached hydrogen (secondary N) is 1. The summed E-state index contributed by atoms with van der Waals surface area (Å²) in [4.78, 5) is 10.5. The summed E-state index contributed by atoms with van der Waals surface area (Å²) in [7, 11) is 0. The van der Waals surface area contributed by atoms with Gasteiger partial charge in [-0.15, -0.1) is 0 Å². The van der Waals surface area contributed by atoms with Crippen LogP contribution >= 0.6 is 0 Å². The predicted octanol–water partition coefficient (Wildman–Crippen LogP) is 0.665. The number of rotatable bonds is 6. The van der Waals surface area contributed by atoms with E-state index in [0.29, 0.717) is 5.75 Å². The Kier molecular flexibility index (Phi) is 4.80. The van der Waals surface area contributed by atoms with Gasteiger partial charge in [0, 0.05) is 0 Å². The average Bonchev–Trinajstić information content (AvgIpc) is 2.35. The molecule has 1 aromatic rings. The maximum Gasteiger partial charge on any atom is 0.437 e. The molecule has 0 aliphatic carbocycles. The number of ether oxygens (including phenoxy) is 2. The Balaban J connectivity index is 2.27. The van der Waals surface area contributed by atoms with E-state index in [4.69, 9.17) is 4.74 Å². The van der Waals surface area contributed by atoms with Gasteiger partial charge in [0.25, 0.3) is 0 Å². The number of benzene rings is 1. The van der Waals surface area contributed by atoms with Gasteiger partial charge in [0.1, 0.15) is 12.4 Å². The lowest BCUT2D eigenvalue weighted by atomic mass is 10.3. The Morgan fingerprint density at radius 2 is 1.94 bits per heavy atom. The molecule has 0 aliphatic heterocycles. The molecule has 0 saturated carbocycles. The number of halogens is 2. The summed E-state index contributed by atoms with van der Waals surface area (Å²) in [6, 6.07) is 8.62. The van der Waals surface area contributed by atoms with Crippen LogP contribution in [0.2, 0.25) is 0 Å². The monoisotopic (exact) mass is 246 g/mol. The molecule has 0 aromatic heterocycles. The van der Waals surface area contributed by atoms with Crippen molar-refractivity contribution in [3.8, 4) is 5.75 Å². The zero-order valence-electron chi connectivity index (χ0n) is 8.86. The second-order valence-corrected chi connectivity index (χ2v) is 3.00. The second-order valence-electron chi connectivity index (χ2n) is 3.00. The average molecular weight is 246 g/mol. The zero-order chi connectivity index (χ0) is 12.7. The lowest BCUT2D eigenvalue weighted by molar-refractivity contribution is -0.232. The van der Waals surface area contributed by atoms with E-state index >= 15 is 0 Å². The maximum absolute atomic E-state index is 12.8. The molecule has 0 aliphatic rings. The molecule has 7 heteroatoms. The quantitative estimate of drug-likeness (QED) is 0.335. The van der Waals surface area contributed by atoms with Crippen LogP contribution < -0.4 is 16.0 Å². The van der Waals surface area contributed by atoms with Crippen LogP contribution in [0.15, 0.2) is 30.3 Å². The maximum atomic E-state index is 12.8. The van der Waals surface area contributed by atoms with Crippen LogP contribution in [-0.2, 0) is 9.53 Å². The van der Waals surface area contributed by atoms with Gasteiger partial charge in [-0.05, 0) is 12.1 Å². The predicted molar refractivity (Wildman–Crippen MR) is 55.2 cm³/mol. The third-order valence-electron chi connectivity index (χ3n) is 1.77. The number of hydrazine groups is 1. The molecule has 0 bridgehead atoms. The molecule has 0 saturated heterocycles. The summed E-state index contributed by atoms with van der Waals surface area (Å²) in [6.45, 7) is -0.535. The first-order valence-electron chi connectivity index (χ1n) is 4.77. The second kappa shape index (κ2) is 6.12. The van der Waals surface area contributed by atoms with Crippen molar-refractivity contribution in [3.63, 3.8) is 0 Å². The van der Waals surface area contributed by atoms with E-state index in [-0.39, 0.29) is 6.61 Å². The van der Waals surface area contributed by atoms with E-state index in [2.05, 4.69) is 10.6 Å². The summed E-state index contributed by atoms with van der Waals surface area (Å²) in [5, 5.41) is 0. The highest BCUT2D eigenvalue weighted by Gasteiger charge is 2.39. The minimum atomic E-state index is -3.95. The number of hydrogen-bond donors (Lipinski definition) is 2. The van der Waals surface area contributed by atoms with Crippen molar-refractivity contribution in [2.45, 2.75) is 6.11 Å². The van der Waals surface area contributed by atoms with E-state index in [1.807, 2.05) is 0 Å². The van der Waals surface area contributed by atoms with Gasteiger partial charge in [-0.1, -0.05) is 18.2 Å². The first kappa shape index (κ1) is 13.3. The van der Waals surface area contributed by atoms with Crippen molar-refractivity contribution in [2.24, 2.45) is 5.84 Å². The molecular weight excluding hydrogens is 234 g/mol.